The second-order valence-electron chi connectivity index (χ2n) is 4.31. The quantitative estimate of drug-likeness (QED) is 0.852. The number of nitrogens with one attached hydrogen (secondary N) is 1. The van der Waals surface area contributed by atoms with Gasteiger partial charge in [0.05, 0.1) is 16.3 Å². The van der Waals surface area contributed by atoms with Gasteiger partial charge < -0.3 is 10.4 Å². The normalized spacial score (nSPS) is 12.2. The lowest BCUT2D eigenvalue weighted by Crippen LogP contribution is -2.33. The predicted octanol–water partition coefficient (Wildman–Crippen LogP) is 0.816. The van der Waals surface area contributed by atoms with Crippen molar-refractivity contribution in [2.45, 2.75) is 19.4 Å². The van der Waals surface area contributed by atoms with Gasteiger partial charge in [0.25, 0.3) is 5.91 Å². The topological polar surface area (TPSA) is 92.9 Å². The van der Waals surface area contributed by atoms with Crippen LogP contribution in [-0.4, -0.2) is 43.9 Å². The third kappa shape index (κ3) is 3.31. The van der Waals surface area contributed by atoms with E-state index in [4.69, 9.17) is 16.7 Å². The summed E-state index contributed by atoms with van der Waals surface area (Å²) >= 11 is 6.11. The first kappa shape index (κ1) is 14.4. The van der Waals surface area contributed by atoms with Crippen LogP contribution in [0.1, 0.15) is 23.7 Å². The van der Waals surface area contributed by atoms with Gasteiger partial charge in [0, 0.05) is 12.6 Å². The van der Waals surface area contributed by atoms with Crippen LogP contribution in [0, 0.1) is 0 Å². The fraction of sp³-hybridized carbons (Fsp3) is 0.333. The van der Waals surface area contributed by atoms with Crippen molar-refractivity contribution < 1.29 is 9.90 Å². The zero-order valence-corrected chi connectivity index (χ0v) is 11.6. The maximum Gasteiger partial charge on any atom is 0.253 e. The van der Waals surface area contributed by atoms with E-state index in [0.717, 1.165) is 0 Å². The van der Waals surface area contributed by atoms with Crippen molar-refractivity contribution in [3.63, 3.8) is 0 Å². The second-order valence-corrected chi connectivity index (χ2v) is 4.71. The van der Waals surface area contributed by atoms with Crippen molar-refractivity contribution in [1.29, 1.82) is 0 Å². The number of hydrogen-bond donors (Lipinski definition) is 2. The highest BCUT2D eigenvalue weighted by molar-refractivity contribution is 6.34. The molecule has 0 saturated carbocycles. The second kappa shape index (κ2) is 6.44. The molecule has 2 aromatic rings. The molecule has 0 radical (unpaired) electrons. The number of amides is 1. The Balaban J connectivity index is 2.15. The number of benzene rings is 1. The third-order valence-corrected chi connectivity index (χ3v) is 3.06. The van der Waals surface area contributed by atoms with E-state index in [1.807, 2.05) is 6.92 Å². The Hall–Kier alpha value is -1.99. The Kier molecular flexibility index (Phi) is 4.65. The number of aliphatic hydroxyl groups is 1. The van der Waals surface area contributed by atoms with Crippen LogP contribution in [0.2, 0.25) is 5.02 Å². The zero-order valence-electron chi connectivity index (χ0n) is 10.8. The van der Waals surface area contributed by atoms with Crippen molar-refractivity contribution >= 4 is 17.5 Å². The Morgan fingerprint density at radius 1 is 1.55 bits per heavy atom. The molecule has 0 fully saturated rings. The van der Waals surface area contributed by atoms with Crippen LogP contribution >= 0.6 is 11.6 Å². The van der Waals surface area contributed by atoms with Gasteiger partial charge in [-0.2, -0.15) is 0 Å². The summed E-state index contributed by atoms with van der Waals surface area (Å²) in [4.78, 5) is 12.0. The van der Waals surface area contributed by atoms with Crippen LogP contribution in [0.5, 0.6) is 0 Å². The molecule has 1 aromatic carbocycles. The SMILES string of the molecule is CC(CCO)NC(=O)c1ccc(-n2cnnn2)cc1Cl. The third-order valence-electron chi connectivity index (χ3n) is 2.75. The summed E-state index contributed by atoms with van der Waals surface area (Å²) in [5, 5.41) is 22.7. The first-order chi connectivity index (χ1) is 9.61. The number of tetrazole rings is 1. The maximum absolute atomic E-state index is 12.0. The minimum absolute atomic E-state index is 0.0212. The van der Waals surface area contributed by atoms with Crippen LogP contribution in [0.3, 0.4) is 0 Å². The van der Waals surface area contributed by atoms with Gasteiger partial charge in [-0.1, -0.05) is 11.6 Å². The lowest BCUT2D eigenvalue weighted by atomic mass is 10.1. The van der Waals surface area contributed by atoms with Crippen molar-refractivity contribution in [3.8, 4) is 5.69 Å². The number of hydrogen-bond acceptors (Lipinski definition) is 5. The Morgan fingerprint density at radius 2 is 2.35 bits per heavy atom. The number of nitrogens with zero attached hydrogens (tertiary/aromatic N) is 4. The van der Waals surface area contributed by atoms with Crippen molar-refractivity contribution in [2.75, 3.05) is 6.61 Å². The van der Waals surface area contributed by atoms with Gasteiger partial charge in [0.15, 0.2) is 0 Å². The summed E-state index contributed by atoms with van der Waals surface area (Å²) in [7, 11) is 0. The summed E-state index contributed by atoms with van der Waals surface area (Å²) in [6.07, 6.45) is 1.93. The average molecular weight is 296 g/mol. The number of carbonyl (C=O) groups excluding carboxylic acids is 1. The highest BCUT2D eigenvalue weighted by Crippen LogP contribution is 2.19. The molecule has 106 valence electrons. The van der Waals surface area contributed by atoms with E-state index in [1.54, 1.807) is 18.2 Å². The lowest BCUT2D eigenvalue weighted by Gasteiger charge is -2.13. The molecule has 20 heavy (non-hydrogen) atoms. The van der Waals surface area contributed by atoms with Crippen LogP contribution in [0.4, 0.5) is 0 Å². The largest absolute Gasteiger partial charge is 0.396 e. The standard InChI is InChI=1S/C12H14ClN5O2/c1-8(4-5-19)15-12(20)10-3-2-9(6-11(10)13)18-7-14-16-17-18/h2-3,6-8,19H,4-5H2,1H3,(H,15,20). The molecule has 0 spiro atoms. The molecule has 1 heterocycles. The number of halogens is 1. The number of carbonyl (C=O) groups is 1. The van der Waals surface area contributed by atoms with E-state index < -0.39 is 0 Å². The molecule has 0 aliphatic carbocycles. The minimum atomic E-state index is -0.279. The van der Waals surface area contributed by atoms with E-state index in [0.29, 0.717) is 22.7 Å². The monoisotopic (exact) mass is 295 g/mol. The van der Waals surface area contributed by atoms with E-state index in [1.165, 1.54) is 11.0 Å². The van der Waals surface area contributed by atoms with E-state index in [2.05, 4.69) is 20.8 Å². The van der Waals surface area contributed by atoms with Crippen LogP contribution in [0.15, 0.2) is 24.5 Å². The molecule has 0 saturated heterocycles. The summed E-state index contributed by atoms with van der Waals surface area (Å²) in [5.74, 6) is -0.279. The summed E-state index contributed by atoms with van der Waals surface area (Å²) in [6, 6.07) is 4.81. The molecule has 8 heteroatoms. The van der Waals surface area contributed by atoms with Crippen LogP contribution in [-0.2, 0) is 0 Å². The maximum atomic E-state index is 12.0. The minimum Gasteiger partial charge on any atom is -0.396 e. The lowest BCUT2D eigenvalue weighted by molar-refractivity contribution is 0.0934. The Morgan fingerprint density at radius 3 is 2.95 bits per heavy atom. The average Bonchev–Trinajstić information content (AvgIpc) is 2.92. The molecular formula is C12H14ClN5O2. The summed E-state index contributed by atoms with van der Waals surface area (Å²) in [6.45, 7) is 1.84. The highest BCUT2D eigenvalue weighted by atomic mass is 35.5. The molecule has 1 amide bonds. The Bertz CT molecular complexity index is 588. The molecule has 1 atom stereocenters. The van der Waals surface area contributed by atoms with Gasteiger partial charge in [-0.15, -0.1) is 5.10 Å². The van der Waals surface area contributed by atoms with Crippen molar-refractivity contribution in [2.24, 2.45) is 0 Å². The van der Waals surface area contributed by atoms with E-state index in [-0.39, 0.29) is 18.6 Å². The molecule has 0 bridgehead atoms. The first-order valence-corrected chi connectivity index (χ1v) is 6.44. The molecule has 1 aromatic heterocycles. The van der Waals surface area contributed by atoms with E-state index in [9.17, 15) is 4.79 Å². The number of aromatic nitrogens is 4. The van der Waals surface area contributed by atoms with Gasteiger partial charge in [-0.05, 0) is 42.0 Å². The van der Waals surface area contributed by atoms with Gasteiger partial charge in [0.2, 0.25) is 0 Å². The summed E-state index contributed by atoms with van der Waals surface area (Å²) in [5.41, 5.74) is 1.04. The Labute approximate surface area is 120 Å². The predicted molar refractivity (Wildman–Crippen MR) is 72.8 cm³/mol. The van der Waals surface area contributed by atoms with Crippen molar-refractivity contribution in [1.82, 2.24) is 25.5 Å². The molecule has 7 nitrogen and oxygen atoms in total. The van der Waals surface area contributed by atoms with Gasteiger partial charge >= 0.3 is 0 Å². The zero-order chi connectivity index (χ0) is 14.5. The van der Waals surface area contributed by atoms with Gasteiger partial charge in [-0.25, -0.2) is 4.68 Å². The fourth-order valence-electron chi connectivity index (χ4n) is 1.68. The molecule has 2 rings (SSSR count). The van der Waals surface area contributed by atoms with Gasteiger partial charge in [0.1, 0.15) is 6.33 Å². The van der Waals surface area contributed by atoms with Gasteiger partial charge in [-0.3, -0.25) is 4.79 Å². The molecule has 2 N–H and O–H groups in total. The first-order valence-electron chi connectivity index (χ1n) is 6.06. The molecule has 1 unspecified atom stereocenters. The highest BCUT2D eigenvalue weighted by Gasteiger charge is 2.14. The van der Waals surface area contributed by atoms with Crippen molar-refractivity contribution in [3.05, 3.63) is 35.1 Å². The molecule has 0 aliphatic heterocycles. The number of rotatable bonds is 5. The van der Waals surface area contributed by atoms with Crippen LogP contribution in [0.25, 0.3) is 5.69 Å². The molecular weight excluding hydrogens is 282 g/mol. The molecule has 0 aliphatic rings. The summed E-state index contributed by atoms with van der Waals surface area (Å²) < 4.78 is 1.45. The van der Waals surface area contributed by atoms with Crippen LogP contribution < -0.4 is 5.32 Å². The number of aliphatic hydroxyl groups excluding tert-OH is 1. The smallest absolute Gasteiger partial charge is 0.253 e. The van der Waals surface area contributed by atoms with E-state index >= 15 is 0 Å². The fourth-order valence-corrected chi connectivity index (χ4v) is 1.94.